The van der Waals surface area contributed by atoms with E-state index in [1.165, 1.54) is 0 Å². The van der Waals surface area contributed by atoms with Gasteiger partial charge < -0.3 is 16.2 Å². The van der Waals surface area contributed by atoms with Gasteiger partial charge in [0.1, 0.15) is 5.82 Å². The molecule has 0 heterocycles. The normalized spacial score (nSPS) is 10.3. The highest BCUT2D eigenvalue weighted by atomic mass is 35.5. The fourth-order valence-electron chi connectivity index (χ4n) is 1.62. The number of carboxylic acid groups (broad SMARTS) is 1. The van der Waals surface area contributed by atoms with Gasteiger partial charge in [0.2, 0.25) is 0 Å². The van der Waals surface area contributed by atoms with Crippen LogP contribution in [0.2, 0.25) is 10.0 Å². The van der Waals surface area contributed by atoms with Gasteiger partial charge >= 0.3 is 5.97 Å². The monoisotopic (exact) mass is 314 g/mol. The van der Waals surface area contributed by atoms with Crippen LogP contribution in [0.25, 0.3) is 0 Å². The van der Waals surface area contributed by atoms with Crippen molar-refractivity contribution in [2.24, 2.45) is 0 Å². The summed E-state index contributed by atoms with van der Waals surface area (Å²) in [5.41, 5.74) is 5.28. The van der Waals surface area contributed by atoms with Gasteiger partial charge in [-0.15, -0.1) is 0 Å². The number of nitrogens with two attached hydrogens (primary N) is 1. The van der Waals surface area contributed by atoms with Crippen molar-refractivity contribution in [2.45, 2.75) is 0 Å². The molecule has 0 radical (unpaired) electrons. The Morgan fingerprint density at radius 3 is 2.40 bits per heavy atom. The lowest BCUT2D eigenvalue weighted by molar-refractivity contribution is 0.0698. The summed E-state index contributed by atoms with van der Waals surface area (Å²) in [5.74, 6) is -1.96. The molecular formula is C13H9Cl2FN2O2. The molecule has 104 valence electrons. The molecule has 0 aliphatic rings. The quantitative estimate of drug-likeness (QED) is 0.744. The van der Waals surface area contributed by atoms with E-state index in [0.717, 1.165) is 12.1 Å². The van der Waals surface area contributed by atoms with E-state index < -0.39 is 11.8 Å². The van der Waals surface area contributed by atoms with Crippen LogP contribution >= 0.6 is 23.2 Å². The zero-order chi connectivity index (χ0) is 14.9. The van der Waals surface area contributed by atoms with Gasteiger partial charge in [-0.1, -0.05) is 29.3 Å². The van der Waals surface area contributed by atoms with Crippen LogP contribution in [0, 0.1) is 5.82 Å². The van der Waals surface area contributed by atoms with Crippen molar-refractivity contribution < 1.29 is 14.3 Å². The van der Waals surface area contributed by atoms with E-state index in [2.05, 4.69) is 5.32 Å². The van der Waals surface area contributed by atoms with Gasteiger partial charge in [-0.3, -0.25) is 0 Å². The molecule has 0 aromatic heterocycles. The number of hydrogen-bond donors (Lipinski definition) is 3. The topological polar surface area (TPSA) is 75.3 Å². The van der Waals surface area contributed by atoms with Crippen LogP contribution in [0.15, 0.2) is 30.3 Å². The molecule has 0 spiro atoms. The number of carboxylic acids is 1. The summed E-state index contributed by atoms with van der Waals surface area (Å²) in [4.78, 5) is 11.0. The van der Waals surface area contributed by atoms with Crippen LogP contribution in [0.4, 0.5) is 21.5 Å². The number of aromatic carboxylic acids is 1. The summed E-state index contributed by atoms with van der Waals surface area (Å²) in [5, 5.41) is 12.2. The Bertz CT molecular complexity index is 672. The first-order valence-electron chi connectivity index (χ1n) is 5.43. The number of para-hydroxylation sites is 1. The summed E-state index contributed by atoms with van der Waals surface area (Å²) in [7, 11) is 0. The van der Waals surface area contributed by atoms with E-state index in [4.69, 9.17) is 34.0 Å². The van der Waals surface area contributed by atoms with E-state index in [1.807, 2.05) is 0 Å². The molecule has 0 aliphatic heterocycles. The predicted molar refractivity (Wildman–Crippen MR) is 77.5 cm³/mol. The Morgan fingerprint density at radius 2 is 1.85 bits per heavy atom. The smallest absolute Gasteiger partial charge is 0.337 e. The molecule has 0 unspecified atom stereocenters. The summed E-state index contributed by atoms with van der Waals surface area (Å²) < 4.78 is 13.8. The van der Waals surface area contributed by atoms with E-state index in [9.17, 15) is 9.18 Å². The van der Waals surface area contributed by atoms with E-state index in [1.54, 1.807) is 18.2 Å². The Labute approximate surface area is 123 Å². The minimum atomic E-state index is -1.25. The molecule has 0 fully saturated rings. The van der Waals surface area contributed by atoms with Crippen molar-refractivity contribution in [1.82, 2.24) is 0 Å². The Kier molecular flexibility index (Phi) is 4.01. The van der Waals surface area contributed by atoms with Gasteiger partial charge in [-0.25, -0.2) is 9.18 Å². The number of carbonyl (C=O) groups is 1. The lowest BCUT2D eigenvalue weighted by Gasteiger charge is -2.12. The van der Waals surface area contributed by atoms with Gasteiger partial charge in [0.05, 0.1) is 27.0 Å². The highest BCUT2D eigenvalue weighted by Crippen LogP contribution is 2.34. The van der Waals surface area contributed by atoms with Crippen LogP contribution in [-0.2, 0) is 0 Å². The first kappa shape index (κ1) is 14.4. The molecule has 2 aromatic rings. The number of anilines is 3. The summed E-state index contributed by atoms with van der Waals surface area (Å²) >= 11 is 11.9. The number of benzene rings is 2. The second-order valence-electron chi connectivity index (χ2n) is 3.95. The molecule has 2 rings (SSSR count). The Hall–Kier alpha value is -1.98. The zero-order valence-corrected chi connectivity index (χ0v) is 11.5. The second-order valence-corrected chi connectivity index (χ2v) is 4.76. The Morgan fingerprint density at radius 1 is 1.25 bits per heavy atom. The fourth-order valence-corrected chi connectivity index (χ4v) is 2.11. The van der Waals surface area contributed by atoms with Crippen LogP contribution < -0.4 is 11.1 Å². The summed E-state index contributed by atoms with van der Waals surface area (Å²) in [6.45, 7) is 0. The maximum absolute atomic E-state index is 13.8. The molecule has 0 amide bonds. The minimum absolute atomic E-state index is 0.0772. The first-order chi connectivity index (χ1) is 9.40. The van der Waals surface area contributed by atoms with Crippen LogP contribution in [0.1, 0.15) is 10.4 Å². The molecule has 20 heavy (non-hydrogen) atoms. The maximum Gasteiger partial charge on any atom is 0.337 e. The number of rotatable bonds is 3. The molecule has 0 atom stereocenters. The largest absolute Gasteiger partial charge is 0.478 e. The fraction of sp³-hybridized carbons (Fsp3) is 0. The maximum atomic E-state index is 13.8. The van der Waals surface area contributed by atoms with Crippen LogP contribution in [0.3, 0.4) is 0 Å². The van der Waals surface area contributed by atoms with Crippen molar-refractivity contribution in [3.8, 4) is 0 Å². The standard InChI is InChI=1S/C13H9Cl2FN2O2/c14-7-2-1-3-8(15)12(7)18-11-4-6(13(19)20)10(17)5-9(11)16/h1-5,18H,17H2,(H,19,20). The second kappa shape index (κ2) is 5.56. The highest BCUT2D eigenvalue weighted by Gasteiger charge is 2.15. The van der Waals surface area contributed by atoms with Gasteiger partial charge in [-0.05, 0) is 24.3 Å². The third kappa shape index (κ3) is 2.79. The van der Waals surface area contributed by atoms with Crippen molar-refractivity contribution >= 4 is 46.2 Å². The number of hydrogen-bond acceptors (Lipinski definition) is 3. The van der Waals surface area contributed by atoms with Crippen LogP contribution in [0.5, 0.6) is 0 Å². The van der Waals surface area contributed by atoms with E-state index in [-0.39, 0.29) is 32.7 Å². The van der Waals surface area contributed by atoms with Crippen molar-refractivity contribution in [1.29, 1.82) is 0 Å². The molecule has 7 heteroatoms. The highest BCUT2D eigenvalue weighted by molar-refractivity contribution is 6.39. The third-order valence-corrected chi connectivity index (χ3v) is 3.22. The number of nitrogen functional groups attached to an aromatic ring is 1. The molecular weight excluding hydrogens is 306 g/mol. The number of nitrogens with one attached hydrogen (secondary N) is 1. The molecule has 4 nitrogen and oxygen atoms in total. The molecule has 0 saturated carbocycles. The zero-order valence-electron chi connectivity index (χ0n) is 9.95. The van der Waals surface area contributed by atoms with Gasteiger partial charge in [0, 0.05) is 5.69 Å². The van der Waals surface area contributed by atoms with Crippen molar-refractivity contribution in [3.63, 3.8) is 0 Å². The van der Waals surface area contributed by atoms with Gasteiger partial charge in [-0.2, -0.15) is 0 Å². The molecule has 0 saturated heterocycles. The predicted octanol–water partition coefficient (Wildman–Crippen LogP) is 4.16. The summed E-state index contributed by atoms with van der Waals surface area (Å²) in [6.07, 6.45) is 0. The van der Waals surface area contributed by atoms with Gasteiger partial charge in [0.25, 0.3) is 0 Å². The molecule has 4 N–H and O–H groups in total. The van der Waals surface area contributed by atoms with E-state index in [0.29, 0.717) is 0 Å². The summed E-state index contributed by atoms with van der Waals surface area (Å²) in [6, 6.07) is 6.80. The minimum Gasteiger partial charge on any atom is -0.478 e. The van der Waals surface area contributed by atoms with E-state index >= 15 is 0 Å². The van der Waals surface area contributed by atoms with Crippen molar-refractivity contribution in [2.75, 3.05) is 11.1 Å². The lowest BCUT2D eigenvalue weighted by Crippen LogP contribution is -2.05. The molecule has 0 bridgehead atoms. The SMILES string of the molecule is Nc1cc(F)c(Nc2c(Cl)cccc2Cl)cc1C(=O)O. The first-order valence-corrected chi connectivity index (χ1v) is 6.19. The third-order valence-electron chi connectivity index (χ3n) is 2.59. The average Bonchev–Trinajstić information content (AvgIpc) is 2.35. The number of halogens is 3. The Balaban J connectivity index is 2.49. The molecule has 2 aromatic carbocycles. The van der Waals surface area contributed by atoms with Crippen molar-refractivity contribution in [3.05, 3.63) is 51.8 Å². The van der Waals surface area contributed by atoms with Crippen LogP contribution in [-0.4, -0.2) is 11.1 Å². The van der Waals surface area contributed by atoms with Gasteiger partial charge in [0.15, 0.2) is 0 Å². The molecule has 0 aliphatic carbocycles. The average molecular weight is 315 g/mol. The lowest BCUT2D eigenvalue weighted by atomic mass is 10.1.